The van der Waals surface area contributed by atoms with Crippen molar-refractivity contribution < 1.29 is 19.5 Å². The van der Waals surface area contributed by atoms with E-state index in [-0.39, 0.29) is 11.8 Å². The SMILES string of the molecule is CC(C)[C@@H](NC(=O)c1ccc(N2CCCC2=O)cc1)C(=O)O. The first-order chi connectivity index (χ1) is 10.4. The van der Waals surface area contributed by atoms with Crippen LogP contribution in [0.4, 0.5) is 5.69 Å². The lowest BCUT2D eigenvalue weighted by atomic mass is 10.0. The van der Waals surface area contributed by atoms with Gasteiger partial charge in [-0.15, -0.1) is 0 Å². The van der Waals surface area contributed by atoms with E-state index in [1.165, 1.54) is 0 Å². The second-order valence-corrected chi connectivity index (χ2v) is 5.73. The summed E-state index contributed by atoms with van der Waals surface area (Å²) in [6.45, 7) is 4.17. The summed E-state index contributed by atoms with van der Waals surface area (Å²) >= 11 is 0. The number of carbonyl (C=O) groups is 3. The highest BCUT2D eigenvalue weighted by Gasteiger charge is 2.25. The van der Waals surface area contributed by atoms with Crippen LogP contribution in [0.25, 0.3) is 0 Å². The van der Waals surface area contributed by atoms with E-state index >= 15 is 0 Å². The Balaban J connectivity index is 2.08. The number of nitrogens with one attached hydrogen (secondary N) is 1. The van der Waals surface area contributed by atoms with Crippen molar-refractivity contribution in [1.29, 1.82) is 0 Å². The van der Waals surface area contributed by atoms with Gasteiger partial charge in [-0.2, -0.15) is 0 Å². The maximum absolute atomic E-state index is 12.1. The van der Waals surface area contributed by atoms with E-state index in [9.17, 15) is 14.4 Å². The van der Waals surface area contributed by atoms with Gasteiger partial charge in [0.05, 0.1) is 0 Å². The number of benzene rings is 1. The first-order valence-electron chi connectivity index (χ1n) is 7.34. The van der Waals surface area contributed by atoms with E-state index in [1.807, 2.05) is 0 Å². The van der Waals surface area contributed by atoms with Crippen LogP contribution in [0, 0.1) is 5.92 Å². The molecular formula is C16H20N2O4. The highest BCUT2D eigenvalue weighted by atomic mass is 16.4. The fourth-order valence-electron chi connectivity index (χ4n) is 2.45. The van der Waals surface area contributed by atoms with Crippen LogP contribution < -0.4 is 10.2 Å². The number of nitrogens with zero attached hydrogens (tertiary/aromatic N) is 1. The van der Waals surface area contributed by atoms with Gasteiger partial charge in [0, 0.05) is 24.2 Å². The molecular weight excluding hydrogens is 284 g/mol. The molecule has 1 saturated heterocycles. The fraction of sp³-hybridized carbons (Fsp3) is 0.438. The van der Waals surface area contributed by atoms with Gasteiger partial charge >= 0.3 is 5.97 Å². The van der Waals surface area contributed by atoms with Crippen molar-refractivity contribution >= 4 is 23.5 Å². The summed E-state index contributed by atoms with van der Waals surface area (Å²) in [6.07, 6.45) is 1.40. The summed E-state index contributed by atoms with van der Waals surface area (Å²) in [6, 6.07) is 5.71. The molecule has 0 unspecified atom stereocenters. The Morgan fingerprint density at radius 2 is 1.86 bits per heavy atom. The Morgan fingerprint density at radius 1 is 1.23 bits per heavy atom. The van der Waals surface area contributed by atoms with Crippen molar-refractivity contribution in [3.63, 3.8) is 0 Å². The summed E-state index contributed by atoms with van der Waals surface area (Å²) in [5.74, 6) is -1.60. The van der Waals surface area contributed by atoms with Gasteiger partial charge in [-0.3, -0.25) is 9.59 Å². The minimum Gasteiger partial charge on any atom is -0.480 e. The zero-order chi connectivity index (χ0) is 16.3. The molecule has 6 heteroatoms. The molecule has 0 aromatic heterocycles. The van der Waals surface area contributed by atoms with Crippen LogP contribution in [0.15, 0.2) is 24.3 Å². The molecule has 0 bridgehead atoms. The van der Waals surface area contributed by atoms with E-state index < -0.39 is 17.9 Å². The summed E-state index contributed by atoms with van der Waals surface area (Å²) in [5, 5.41) is 11.6. The topological polar surface area (TPSA) is 86.7 Å². The van der Waals surface area contributed by atoms with Crippen LogP contribution in [0.5, 0.6) is 0 Å². The Labute approximate surface area is 129 Å². The molecule has 1 aromatic rings. The number of anilines is 1. The van der Waals surface area contributed by atoms with E-state index in [0.717, 1.165) is 12.1 Å². The largest absolute Gasteiger partial charge is 0.480 e. The number of amides is 2. The first kappa shape index (κ1) is 16.0. The van der Waals surface area contributed by atoms with E-state index in [1.54, 1.807) is 43.0 Å². The second-order valence-electron chi connectivity index (χ2n) is 5.73. The highest BCUT2D eigenvalue weighted by Crippen LogP contribution is 2.21. The average Bonchev–Trinajstić information content (AvgIpc) is 2.90. The van der Waals surface area contributed by atoms with Gasteiger partial charge in [0.2, 0.25) is 5.91 Å². The van der Waals surface area contributed by atoms with Gasteiger partial charge in [-0.1, -0.05) is 13.8 Å². The molecule has 118 valence electrons. The summed E-state index contributed by atoms with van der Waals surface area (Å²) in [7, 11) is 0. The molecule has 0 radical (unpaired) electrons. The van der Waals surface area contributed by atoms with Gasteiger partial charge in [0.1, 0.15) is 6.04 Å². The quantitative estimate of drug-likeness (QED) is 0.866. The Morgan fingerprint density at radius 3 is 2.32 bits per heavy atom. The average molecular weight is 304 g/mol. The van der Waals surface area contributed by atoms with Gasteiger partial charge in [-0.25, -0.2) is 4.79 Å². The summed E-state index contributed by atoms with van der Waals surface area (Å²) < 4.78 is 0. The molecule has 22 heavy (non-hydrogen) atoms. The predicted octanol–water partition coefficient (Wildman–Crippen LogP) is 1.65. The molecule has 1 aliphatic rings. The molecule has 1 aromatic carbocycles. The Kier molecular flexibility index (Phi) is 4.80. The third-order valence-electron chi connectivity index (χ3n) is 3.73. The molecule has 1 fully saturated rings. The molecule has 1 atom stereocenters. The van der Waals surface area contributed by atoms with Crippen molar-refractivity contribution in [1.82, 2.24) is 5.32 Å². The number of carboxylic acids is 1. The highest BCUT2D eigenvalue weighted by molar-refractivity contribution is 5.98. The third-order valence-corrected chi connectivity index (χ3v) is 3.73. The van der Waals surface area contributed by atoms with Gasteiger partial charge < -0.3 is 15.3 Å². The molecule has 0 aliphatic carbocycles. The molecule has 2 N–H and O–H groups in total. The molecule has 0 spiro atoms. The van der Waals surface area contributed by atoms with E-state index in [2.05, 4.69) is 5.32 Å². The fourth-order valence-corrected chi connectivity index (χ4v) is 2.45. The van der Waals surface area contributed by atoms with Crippen LogP contribution in [0.2, 0.25) is 0 Å². The number of hydrogen-bond donors (Lipinski definition) is 2. The summed E-state index contributed by atoms with van der Waals surface area (Å²) in [5.41, 5.74) is 1.14. The van der Waals surface area contributed by atoms with Gasteiger partial charge in [0.15, 0.2) is 0 Å². The van der Waals surface area contributed by atoms with Crippen LogP contribution in [-0.4, -0.2) is 35.5 Å². The monoisotopic (exact) mass is 304 g/mol. The smallest absolute Gasteiger partial charge is 0.326 e. The Hall–Kier alpha value is -2.37. The Bertz CT molecular complexity index is 580. The molecule has 2 amide bonds. The molecule has 2 rings (SSSR count). The zero-order valence-electron chi connectivity index (χ0n) is 12.7. The molecule has 1 heterocycles. The second kappa shape index (κ2) is 6.60. The number of carboxylic acid groups (broad SMARTS) is 1. The minimum absolute atomic E-state index is 0.0861. The van der Waals surface area contributed by atoms with E-state index in [4.69, 9.17) is 5.11 Å². The van der Waals surface area contributed by atoms with Crippen molar-refractivity contribution in [3.8, 4) is 0 Å². The van der Waals surface area contributed by atoms with Crippen molar-refractivity contribution in [2.24, 2.45) is 5.92 Å². The van der Waals surface area contributed by atoms with Crippen LogP contribution in [0.3, 0.4) is 0 Å². The van der Waals surface area contributed by atoms with Crippen LogP contribution in [0.1, 0.15) is 37.0 Å². The van der Waals surface area contributed by atoms with Crippen LogP contribution in [-0.2, 0) is 9.59 Å². The minimum atomic E-state index is -1.05. The van der Waals surface area contributed by atoms with Gasteiger partial charge in [0.25, 0.3) is 5.91 Å². The van der Waals surface area contributed by atoms with Crippen molar-refractivity contribution in [2.45, 2.75) is 32.7 Å². The maximum Gasteiger partial charge on any atom is 0.326 e. The predicted molar refractivity (Wildman–Crippen MR) is 81.8 cm³/mol. The lowest BCUT2D eigenvalue weighted by Gasteiger charge is -2.19. The van der Waals surface area contributed by atoms with Gasteiger partial charge in [-0.05, 0) is 36.6 Å². The number of aliphatic carboxylic acids is 1. The molecule has 6 nitrogen and oxygen atoms in total. The zero-order valence-corrected chi connectivity index (χ0v) is 12.7. The number of hydrogen-bond acceptors (Lipinski definition) is 3. The van der Waals surface area contributed by atoms with Crippen LogP contribution >= 0.6 is 0 Å². The third kappa shape index (κ3) is 3.44. The maximum atomic E-state index is 12.1. The van der Waals surface area contributed by atoms with Crippen molar-refractivity contribution in [2.75, 3.05) is 11.4 Å². The lowest BCUT2D eigenvalue weighted by Crippen LogP contribution is -2.44. The summed E-state index contributed by atoms with van der Waals surface area (Å²) in [4.78, 5) is 36.6. The van der Waals surface area contributed by atoms with E-state index in [0.29, 0.717) is 18.5 Å². The van der Waals surface area contributed by atoms with Crippen molar-refractivity contribution in [3.05, 3.63) is 29.8 Å². The number of rotatable bonds is 5. The molecule has 0 saturated carbocycles. The lowest BCUT2D eigenvalue weighted by molar-refractivity contribution is -0.140. The molecule has 1 aliphatic heterocycles. The first-order valence-corrected chi connectivity index (χ1v) is 7.34. The standard InChI is InChI=1S/C16H20N2O4/c1-10(2)14(16(21)22)17-15(20)11-5-7-12(8-6-11)18-9-3-4-13(18)19/h5-8,10,14H,3-4,9H2,1-2H3,(H,17,20)(H,21,22)/t14-/m1/s1. The number of carbonyl (C=O) groups excluding carboxylic acids is 2. The normalized spacial score (nSPS) is 16.0.